The summed E-state index contributed by atoms with van der Waals surface area (Å²) < 4.78 is 5.79. The standard InChI is InChI=1S/C18H25NO.ClH/c1-4-20-17-12-10-14-7-5-6-8-15(14)18(17)16(19)11-9-13(2)3;/h5-8,10,12-13,16H,4,9,11,19H2,1-3H3;1H/t16-;/m1./s1. The lowest BCUT2D eigenvalue weighted by Crippen LogP contribution is -2.13. The first-order chi connectivity index (χ1) is 9.63. The van der Waals surface area contributed by atoms with Crippen molar-refractivity contribution in [1.82, 2.24) is 0 Å². The van der Waals surface area contributed by atoms with Crippen LogP contribution in [0.25, 0.3) is 10.8 Å². The van der Waals surface area contributed by atoms with Gasteiger partial charge in [0.2, 0.25) is 0 Å². The molecule has 0 fully saturated rings. The second-order valence-corrected chi connectivity index (χ2v) is 5.71. The van der Waals surface area contributed by atoms with Crippen molar-refractivity contribution in [2.75, 3.05) is 6.61 Å². The van der Waals surface area contributed by atoms with Crippen molar-refractivity contribution in [1.29, 1.82) is 0 Å². The van der Waals surface area contributed by atoms with Crippen LogP contribution in [0.1, 0.15) is 45.2 Å². The fraction of sp³-hybridized carbons (Fsp3) is 0.444. The number of rotatable bonds is 6. The average molecular weight is 308 g/mol. The predicted molar refractivity (Wildman–Crippen MR) is 93.4 cm³/mol. The average Bonchev–Trinajstić information content (AvgIpc) is 2.45. The molecule has 21 heavy (non-hydrogen) atoms. The number of benzene rings is 2. The van der Waals surface area contributed by atoms with Crippen LogP contribution in [0, 0.1) is 5.92 Å². The molecular formula is C18H26ClNO. The van der Waals surface area contributed by atoms with Crippen molar-refractivity contribution >= 4 is 23.2 Å². The smallest absolute Gasteiger partial charge is 0.124 e. The van der Waals surface area contributed by atoms with E-state index in [1.165, 1.54) is 10.8 Å². The molecule has 2 aromatic carbocycles. The highest BCUT2D eigenvalue weighted by Gasteiger charge is 2.16. The van der Waals surface area contributed by atoms with Gasteiger partial charge in [-0.1, -0.05) is 44.2 Å². The van der Waals surface area contributed by atoms with Gasteiger partial charge in [0.05, 0.1) is 6.61 Å². The maximum Gasteiger partial charge on any atom is 0.124 e. The number of hydrogen-bond donors (Lipinski definition) is 1. The van der Waals surface area contributed by atoms with E-state index in [1.807, 2.05) is 6.92 Å². The third-order valence-electron chi connectivity index (χ3n) is 3.66. The van der Waals surface area contributed by atoms with Crippen LogP contribution >= 0.6 is 12.4 Å². The fourth-order valence-corrected chi connectivity index (χ4v) is 2.60. The molecule has 0 saturated carbocycles. The minimum Gasteiger partial charge on any atom is -0.494 e. The molecule has 0 spiro atoms. The van der Waals surface area contributed by atoms with Crippen molar-refractivity contribution in [3.8, 4) is 5.75 Å². The third-order valence-corrected chi connectivity index (χ3v) is 3.66. The Morgan fingerprint density at radius 1 is 1.05 bits per heavy atom. The maximum absolute atomic E-state index is 6.46. The molecule has 0 aromatic heterocycles. The van der Waals surface area contributed by atoms with Crippen LogP contribution in [0.2, 0.25) is 0 Å². The Kier molecular flexibility index (Phi) is 7.00. The van der Waals surface area contributed by atoms with Gasteiger partial charge in [-0.2, -0.15) is 0 Å². The molecule has 0 heterocycles. The lowest BCUT2D eigenvalue weighted by molar-refractivity contribution is 0.333. The summed E-state index contributed by atoms with van der Waals surface area (Å²) in [7, 11) is 0. The second kappa shape index (κ2) is 8.26. The molecule has 2 rings (SSSR count). The summed E-state index contributed by atoms with van der Waals surface area (Å²) in [6, 6.07) is 12.6. The first-order valence-electron chi connectivity index (χ1n) is 7.53. The van der Waals surface area contributed by atoms with Gasteiger partial charge in [-0.25, -0.2) is 0 Å². The van der Waals surface area contributed by atoms with E-state index in [0.717, 1.165) is 24.2 Å². The van der Waals surface area contributed by atoms with Crippen LogP contribution < -0.4 is 10.5 Å². The van der Waals surface area contributed by atoms with Crippen LogP contribution in [0.5, 0.6) is 5.75 Å². The first kappa shape index (κ1) is 17.8. The molecular weight excluding hydrogens is 282 g/mol. The summed E-state index contributed by atoms with van der Waals surface area (Å²) in [6.07, 6.45) is 2.13. The summed E-state index contributed by atoms with van der Waals surface area (Å²) in [5.41, 5.74) is 7.62. The molecule has 3 heteroatoms. The number of fused-ring (bicyclic) bond motifs is 1. The molecule has 0 saturated heterocycles. The Morgan fingerprint density at radius 2 is 1.76 bits per heavy atom. The molecule has 0 radical (unpaired) electrons. The van der Waals surface area contributed by atoms with Crippen molar-refractivity contribution in [2.24, 2.45) is 11.7 Å². The molecule has 0 unspecified atom stereocenters. The molecule has 1 atom stereocenters. The molecule has 0 bridgehead atoms. The van der Waals surface area contributed by atoms with Gasteiger partial charge in [0.1, 0.15) is 5.75 Å². The quantitative estimate of drug-likeness (QED) is 0.806. The zero-order valence-electron chi connectivity index (χ0n) is 13.1. The summed E-state index contributed by atoms with van der Waals surface area (Å²) in [5.74, 6) is 1.61. The van der Waals surface area contributed by atoms with Crippen LogP contribution in [0.4, 0.5) is 0 Å². The first-order valence-corrected chi connectivity index (χ1v) is 7.53. The molecule has 2 N–H and O–H groups in total. The molecule has 2 nitrogen and oxygen atoms in total. The molecule has 0 aliphatic carbocycles. The van der Waals surface area contributed by atoms with Gasteiger partial charge in [-0.3, -0.25) is 0 Å². The van der Waals surface area contributed by atoms with E-state index in [2.05, 4.69) is 50.2 Å². The van der Waals surface area contributed by atoms with E-state index < -0.39 is 0 Å². The fourth-order valence-electron chi connectivity index (χ4n) is 2.60. The number of halogens is 1. The van der Waals surface area contributed by atoms with Crippen molar-refractivity contribution < 1.29 is 4.74 Å². The van der Waals surface area contributed by atoms with Crippen LogP contribution in [-0.4, -0.2) is 6.61 Å². The van der Waals surface area contributed by atoms with Gasteiger partial charge in [0.15, 0.2) is 0 Å². The van der Waals surface area contributed by atoms with E-state index >= 15 is 0 Å². The van der Waals surface area contributed by atoms with Gasteiger partial charge < -0.3 is 10.5 Å². The van der Waals surface area contributed by atoms with Crippen LogP contribution in [0.15, 0.2) is 36.4 Å². The SMILES string of the molecule is CCOc1ccc2ccccc2c1[C@H](N)CCC(C)C.Cl. The topological polar surface area (TPSA) is 35.2 Å². The Hall–Kier alpha value is -1.25. The summed E-state index contributed by atoms with van der Waals surface area (Å²) in [4.78, 5) is 0. The Morgan fingerprint density at radius 3 is 2.43 bits per heavy atom. The van der Waals surface area contributed by atoms with Gasteiger partial charge in [-0.05, 0) is 42.5 Å². The number of nitrogens with two attached hydrogens (primary N) is 1. The van der Waals surface area contributed by atoms with Gasteiger partial charge in [0.25, 0.3) is 0 Å². The molecule has 116 valence electrons. The zero-order valence-corrected chi connectivity index (χ0v) is 14.0. The molecule has 0 aliphatic rings. The largest absolute Gasteiger partial charge is 0.494 e. The predicted octanol–water partition coefficient (Wildman–Crippen LogP) is 5.10. The van der Waals surface area contributed by atoms with Crippen molar-refractivity contribution in [3.05, 3.63) is 42.0 Å². The van der Waals surface area contributed by atoms with E-state index in [0.29, 0.717) is 12.5 Å². The highest BCUT2D eigenvalue weighted by molar-refractivity contribution is 5.88. The summed E-state index contributed by atoms with van der Waals surface area (Å²) >= 11 is 0. The molecule has 2 aromatic rings. The number of hydrogen-bond acceptors (Lipinski definition) is 2. The lowest BCUT2D eigenvalue weighted by Gasteiger charge is -2.20. The Labute approximate surface area is 134 Å². The van der Waals surface area contributed by atoms with Gasteiger partial charge in [-0.15, -0.1) is 12.4 Å². The Balaban J connectivity index is 0.00000220. The van der Waals surface area contributed by atoms with Gasteiger partial charge >= 0.3 is 0 Å². The second-order valence-electron chi connectivity index (χ2n) is 5.71. The Bertz CT molecular complexity index is 568. The normalized spacial score (nSPS) is 12.2. The van der Waals surface area contributed by atoms with E-state index in [9.17, 15) is 0 Å². The van der Waals surface area contributed by atoms with E-state index in [-0.39, 0.29) is 18.4 Å². The van der Waals surface area contributed by atoms with Gasteiger partial charge in [0, 0.05) is 11.6 Å². The highest BCUT2D eigenvalue weighted by atomic mass is 35.5. The molecule has 0 amide bonds. The minimum atomic E-state index is 0. The lowest BCUT2D eigenvalue weighted by atomic mass is 9.93. The van der Waals surface area contributed by atoms with Crippen molar-refractivity contribution in [3.63, 3.8) is 0 Å². The van der Waals surface area contributed by atoms with Crippen molar-refractivity contribution in [2.45, 2.75) is 39.7 Å². The van der Waals surface area contributed by atoms with Crippen LogP contribution in [0.3, 0.4) is 0 Å². The minimum absolute atomic E-state index is 0. The summed E-state index contributed by atoms with van der Waals surface area (Å²) in [5, 5.41) is 2.45. The monoisotopic (exact) mass is 307 g/mol. The number of ether oxygens (including phenoxy) is 1. The summed E-state index contributed by atoms with van der Waals surface area (Å²) in [6.45, 7) is 7.15. The maximum atomic E-state index is 6.46. The molecule has 0 aliphatic heterocycles. The van der Waals surface area contributed by atoms with E-state index in [1.54, 1.807) is 0 Å². The third kappa shape index (κ3) is 4.36. The highest BCUT2D eigenvalue weighted by Crippen LogP contribution is 2.34. The van der Waals surface area contributed by atoms with Crippen LogP contribution in [-0.2, 0) is 0 Å². The zero-order chi connectivity index (χ0) is 14.5. The van der Waals surface area contributed by atoms with E-state index in [4.69, 9.17) is 10.5 Å².